The largest absolute Gasteiger partial charge is 0.345 e. The second-order valence-electron chi connectivity index (χ2n) is 6.48. The molecule has 0 saturated carbocycles. The molecule has 0 fully saturated rings. The van der Waals surface area contributed by atoms with Crippen molar-refractivity contribution in [3.63, 3.8) is 0 Å². The highest BCUT2D eigenvalue weighted by molar-refractivity contribution is 6.06. The van der Waals surface area contributed by atoms with E-state index in [4.69, 9.17) is 0 Å². The van der Waals surface area contributed by atoms with Crippen LogP contribution in [0.15, 0.2) is 72.9 Å². The highest BCUT2D eigenvalue weighted by Gasteiger charge is 2.11. The van der Waals surface area contributed by atoms with Crippen molar-refractivity contribution in [1.82, 2.24) is 9.88 Å². The van der Waals surface area contributed by atoms with E-state index in [9.17, 15) is 14.4 Å². The molecule has 0 spiro atoms. The number of rotatable bonds is 5. The smallest absolute Gasteiger partial charge is 0.274 e. The van der Waals surface area contributed by atoms with Gasteiger partial charge in [0.15, 0.2) is 0 Å². The van der Waals surface area contributed by atoms with E-state index < -0.39 is 0 Å². The van der Waals surface area contributed by atoms with Gasteiger partial charge in [0.2, 0.25) is 0 Å². The van der Waals surface area contributed by atoms with Gasteiger partial charge in [-0.05, 0) is 54.6 Å². The van der Waals surface area contributed by atoms with Crippen molar-refractivity contribution in [3.05, 3.63) is 89.7 Å². The van der Waals surface area contributed by atoms with Crippen molar-refractivity contribution >= 4 is 29.1 Å². The molecule has 0 saturated heterocycles. The van der Waals surface area contributed by atoms with Crippen LogP contribution in [0.4, 0.5) is 11.4 Å². The zero-order chi connectivity index (χ0) is 20.8. The van der Waals surface area contributed by atoms with E-state index >= 15 is 0 Å². The molecule has 7 heteroatoms. The first kappa shape index (κ1) is 19.8. The lowest BCUT2D eigenvalue weighted by molar-refractivity contribution is 0.0827. The fourth-order valence-corrected chi connectivity index (χ4v) is 2.59. The van der Waals surface area contributed by atoms with Gasteiger partial charge in [0, 0.05) is 42.8 Å². The number of benzene rings is 2. The third kappa shape index (κ3) is 5.04. The number of hydrogen-bond acceptors (Lipinski definition) is 4. The summed E-state index contributed by atoms with van der Waals surface area (Å²) >= 11 is 0. The van der Waals surface area contributed by atoms with Crippen LogP contribution in [0.2, 0.25) is 0 Å². The Hall–Kier alpha value is -4.00. The molecule has 3 amide bonds. The van der Waals surface area contributed by atoms with Gasteiger partial charge in [-0.25, -0.2) is 0 Å². The third-order valence-electron chi connectivity index (χ3n) is 4.08. The Labute approximate surface area is 168 Å². The zero-order valence-electron chi connectivity index (χ0n) is 16.0. The van der Waals surface area contributed by atoms with Crippen LogP contribution in [0.5, 0.6) is 0 Å². The highest BCUT2D eigenvalue weighted by Crippen LogP contribution is 2.15. The number of aromatic nitrogens is 1. The molecule has 7 nitrogen and oxygen atoms in total. The average Bonchev–Trinajstić information content (AvgIpc) is 2.74. The summed E-state index contributed by atoms with van der Waals surface area (Å²) in [6.45, 7) is 0. The topological polar surface area (TPSA) is 91.4 Å². The number of carbonyl (C=O) groups is 3. The Morgan fingerprint density at radius 2 is 1.48 bits per heavy atom. The number of amides is 3. The van der Waals surface area contributed by atoms with E-state index in [1.807, 2.05) is 0 Å². The molecule has 1 heterocycles. The van der Waals surface area contributed by atoms with E-state index in [0.29, 0.717) is 28.2 Å². The fraction of sp³-hybridized carbons (Fsp3) is 0.0909. The van der Waals surface area contributed by atoms with Crippen LogP contribution in [0.1, 0.15) is 31.2 Å². The number of carbonyl (C=O) groups excluding carboxylic acids is 3. The second kappa shape index (κ2) is 8.79. The Balaban J connectivity index is 1.66. The van der Waals surface area contributed by atoms with E-state index in [-0.39, 0.29) is 17.7 Å². The predicted octanol–water partition coefficient (Wildman–Crippen LogP) is 3.29. The summed E-state index contributed by atoms with van der Waals surface area (Å²) in [5.41, 5.74) is 2.29. The number of nitrogens with one attached hydrogen (secondary N) is 2. The van der Waals surface area contributed by atoms with Crippen LogP contribution in [-0.4, -0.2) is 41.7 Å². The molecule has 146 valence electrons. The molecule has 2 aromatic carbocycles. The lowest BCUT2D eigenvalue weighted by Gasteiger charge is -2.12. The van der Waals surface area contributed by atoms with Gasteiger partial charge in [-0.1, -0.05) is 12.1 Å². The molecule has 0 aliphatic heterocycles. The van der Waals surface area contributed by atoms with Gasteiger partial charge in [-0.2, -0.15) is 0 Å². The number of nitrogens with zero attached hydrogens (tertiary/aromatic N) is 2. The molecule has 3 aromatic rings. The van der Waals surface area contributed by atoms with Crippen molar-refractivity contribution in [2.45, 2.75) is 0 Å². The Morgan fingerprint density at radius 3 is 2.14 bits per heavy atom. The van der Waals surface area contributed by atoms with Gasteiger partial charge in [-0.15, -0.1) is 0 Å². The summed E-state index contributed by atoms with van der Waals surface area (Å²) in [4.78, 5) is 42.1. The monoisotopic (exact) mass is 388 g/mol. The molecule has 29 heavy (non-hydrogen) atoms. The normalized spacial score (nSPS) is 10.1. The Kier molecular flexibility index (Phi) is 5.99. The molecule has 0 radical (unpaired) electrons. The van der Waals surface area contributed by atoms with Gasteiger partial charge >= 0.3 is 0 Å². The van der Waals surface area contributed by atoms with E-state index in [1.165, 1.54) is 4.90 Å². The van der Waals surface area contributed by atoms with Crippen molar-refractivity contribution in [2.24, 2.45) is 0 Å². The third-order valence-corrected chi connectivity index (χ3v) is 4.08. The van der Waals surface area contributed by atoms with Gasteiger partial charge in [0.05, 0.1) is 0 Å². The quantitative estimate of drug-likeness (QED) is 0.702. The van der Waals surface area contributed by atoms with Crippen LogP contribution in [0, 0.1) is 0 Å². The Morgan fingerprint density at radius 1 is 0.759 bits per heavy atom. The SMILES string of the molecule is CN(C)C(=O)c1cccc(NC(=O)c2ccc(NC(=O)c3ccccn3)cc2)c1. The number of hydrogen-bond donors (Lipinski definition) is 2. The van der Waals surface area contributed by atoms with Crippen LogP contribution in [0.25, 0.3) is 0 Å². The summed E-state index contributed by atoms with van der Waals surface area (Å²) in [5, 5.41) is 5.50. The molecule has 0 aliphatic rings. The molecule has 0 atom stereocenters. The van der Waals surface area contributed by atoms with Gasteiger partial charge < -0.3 is 15.5 Å². The predicted molar refractivity (Wildman–Crippen MR) is 111 cm³/mol. The van der Waals surface area contributed by atoms with E-state index in [2.05, 4.69) is 15.6 Å². The van der Waals surface area contributed by atoms with Gasteiger partial charge in [0.25, 0.3) is 17.7 Å². The molecular weight excluding hydrogens is 368 g/mol. The minimum Gasteiger partial charge on any atom is -0.345 e. The highest BCUT2D eigenvalue weighted by atomic mass is 16.2. The van der Waals surface area contributed by atoms with Crippen LogP contribution < -0.4 is 10.6 Å². The second-order valence-corrected chi connectivity index (χ2v) is 6.48. The molecule has 0 unspecified atom stereocenters. The molecular formula is C22H20N4O3. The van der Waals surface area contributed by atoms with Crippen molar-refractivity contribution in [1.29, 1.82) is 0 Å². The van der Waals surface area contributed by atoms with E-state index in [0.717, 1.165) is 0 Å². The van der Waals surface area contributed by atoms with Crippen LogP contribution >= 0.6 is 0 Å². The summed E-state index contributed by atoms with van der Waals surface area (Å²) in [6, 6.07) is 18.3. The van der Waals surface area contributed by atoms with Gasteiger partial charge in [-0.3, -0.25) is 19.4 Å². The lowest BCUT2D eigenvalue weighted by atomic mass is 10.1. The first-order valence-electron chi connectivity index (χ1n) is 8.89. The summed E-state index contributed by atoms with van der Waals surface area (Å²) in [5.74, 6) is -0.790. The van der Waals surface area contributed by atoms with Crippen molar-refractivity contribution in [3.8, 4) is 0 Å². The zero-order valence-corrected chi connectivity index (χ0v) is 16.0. The van der Waals surface area contributed by atoms with Crippen LogP contribution in [-0.2, 0) is 0 Å². The van der Waals surface area contributed by atoms with Gasteiger partial charge in [0.1, 0.15) is 5.69 Å². The molecule has 0 aliphatic carbocycles. The number of pyridine rings is 1. The molecule has 1 aromatic heterocycles. The summed E-state index contributed by atoms with van der Waals surface area (Å²) in [7, 11) is 3.34. The maximum atomic E-state index is 12.5. The molecule has 3 rings (SSSR count). The van der Waals surface area contributed by atoms with Crippen molar-refractivity contribution in [2.75, 3.05) is 24.7 Å². The maximum absolute atomic E-state index is 12.5. The number of anilines is 2. The first-order valence-corrected chi connectivity index (χ1v) is 8.89. The standard InChI is InChI=1S/C22H20N4O3/c1-26(2)22(29)16-6-5-7-18(14-16)25-20(27)15-9-11-17(12-10-15)24-21(28)19-8-3-4-13-23-19/h3-14H,1-2H3,(H,24,28)(H,25,27). The summed E-state index contributed by atoms with van der Waals surface area (Å²) < 4.78 is 0. The fourth-order valence-electron chi connectivity index (χ4n) is 2.59. The average molecular weight is 388 g/mol. The molecule has 0 bridgehead atoms. The molecule has 2 N–H and O–H groups in total. The first-order chi connectivity index (χ1) is 13.9. The van der Waals surface area contributed by atoms with E-state index in [1.54, 1.807) is 87.0 Å². The Bertz CT molecular complexity index is 1030. The lowest BCUT2D eigenvalue weighted by Crippen LogP contribution is -2.22. The van der Waals surface area contributed by atoms with Crippen LogP contribution in [0.3, 0.4) is 0 Å². The minimum atomic E-state index is -0.329. The maximum Gasteiger partial charge on any atom is 0.274 e. The minimum absolute atomic E-state index is 0.144. The summed E-state index contributed by atoms with van der Waals surface area (Å²) in [6.07, 6.45) is 1.55. The van der Waals surface area contributed by atoms with Crippen molar-refractivity contribution < 1.29 is 14.4 Å².